The van der Waals surface area contributed by atoms with E-state index in [4.69, 9.17) is 5.73 Å². The van der Waals surface area contributed by atoms with Crippen LogP contribution >= 0.6 is 0 Å². The van der Waals surface area contributed by atoms with E-state index in [9.17, 15) is 9.47 Å². The smallest absolute Gasteiger partial charge is 0.153 e. The van der Waals surface area contributed by atoms with Crippen LogP contribution in [0, 0.1) is 18.3 Å². The van der Waals surface area contributed by atoms with E-state index in [-0.39, 0.29) is 0 Å². The van der Waals surface area contributed by atoms with Gasteiger partial charge in [-0.05, 0) is 31.4 Å². The normalized spacial score (nSPS) is 16.2. The number of nitrogens with two attached hydrogens (primary N) is 1. The van der Waals surface area contributed by atoms with Crippen molar-refractivity contribution in [2.24, 2.45) is 10.7 Å². The van der Waals surface area contributed by atoms with E-state index < -0.39 is 11.0 Å². The molecule has 118 valence electrons. The highest BCUT2D eigenvalue weighted by Gasteiger charge is 2.19. The summed E-state index contributed by atoms with van der Waals surface area (Å²) in [4.78, 5) is 7.94. The maximum atomic E-state index is 12.6. The molecule has 1 aromatic heterocycles. The van der Waals surface area contributed by atoms with Crippen molar-refractivity contribution >= 4 is 33.3 Å². The third-order valence-electron chi connectivity index (χ3n) is 3.88. The number of aryl methyl sites for hydroxylation is 1. The summed E-state index contributed by atoms with van der Waals surface area (Å²) in [6.45, 7) is 2.69. The molecule has 0 aliphatic carbocycles. The molecule has 1 aliphatic rings. The minimum Gasteiger partial charge on any atom is -0.404 e. The van der Waals surface area contributed by atoms with Gasteiger partial charge in [0.25, 0.3) is 0 Å². The highest BCUT2D eigenvalue weighted by atomic mass is 32.2. The number of hydrogen-bond acceptors (Lipinski definition) is 4. The Morgan fingerprint density at radius 2 is 2.39 bits per heavy atom. The molecule has 0 fully saturated rings. The van der Waals surface area contributed by atoms with Crippen LogP contribution in [0.4, 0.5) is 5.69 Å². The van der Waals surface area contributed by atoms with Crippen LogP contribution in [0.15, 0.2) is 34.4 Å². The Morgan fingerprint density at radius 1 is 1.57 bits per heavy atom. The molecule has 0 spiro atoms. The number of nitriles is 1. The summed E-state index contributed by atoms with van der Waals surface area (Å²) in [7, 11) is -1.50. The number of aromatic amines is 1. The first-order valence-electron chi connectivity index (χ1n) is 7.30. The fourth-order valence-electron chi connectivity index (χ4n) is 2.75. The van der Waals surface area contributed by atoms with Crippen molar-refractivity contribution in [2.75, 3.05) is 11.3 Å². The third kappa shape index (κ3) is 2.73. The van der Waals surface area contributed by atoms with Gasteiger partial charge in [-0.3, -0.25) is 9.71 Å². The molecule has 0 radical (unpaired) electrons. The van der Waals surface area contributed by atoms with E-state index >= 15 is 0 Å². The molecule has 3 rings (SSSR count). The van der Waals surface area contributed by atoms with Gasteiger partial charge in [0, 0.05) is 24.3 Å². The maximum Gasteiger partial charge on any atom is 0.153 e. The van der Waals surface area contributed by atoms with Crippen LogP contribution in [-0.2, 0) is 11.0 Å². The molecule has 7 heteroatoms. The average molecular weight is 327 g/mol. The predicted molar refractivity (Wildman–Crippen MR) is 93.3 cm³/mol. The van der Waals surface area contributed by atoms with Crippen molar-refractivity contribution in [1.29, 1.82) is 5.26 Å². The van der Waals surface area contributed by atoms with Crippen LogP contribution in [0.5, 0.6) is 0 Å². The zero-order valence-electron chi connectivity index (χ0n) is 12.7. The van der Waals surface area contributed by atoms with Crippen molar-refractivity contribution in [1.82, 2.24) is 4.98 Å². The van der Waals surface area contributed by atoms with E-state index in [0.29, 0.717) is 16.2 Å². The summed E-state index contributed by atoms with van der Waals surface area (Å²) in [6.07, 6.45) is 4.77. The summed E-state index contributed by atoms with van der Waals surface area (Å²) in [5, 5.41) is 10.0. The van der Waals surface area contributed by atoms with Gasteiger partial charge in [-0.2, -0.15) is 5.26 Å². The number of hydrogen-bond donors (Lipinski definition) is 3. The Balaban J connectivity index is 1.96. The van der Waals surface area contributed by atoms with Crippen molar-refractivity contribution in [3.05, 3.63) is 40.6 Å². The van der Waals surface area contributed by atoms with E-state index in [1.54, 1.807) is 6.20 Å². The Kier molecular flexibility index (Phi) is 4.17. The number of aromatic nitrogens is 1. The lowest BCUT2D eigenvalue weighted by atomic mass is 10.1. The lowest BCUT2D eigenvalue weighted by Gasteiger charge is -2.11. The second-order valence-corrected chi connectivity index (χ2v) is 6.51. The van der Waals surface area contributed by atoms with Crippen molar-refractivity contribution in [2.45, 2.75) is 19.8 Å². The molecule has 23 heavy (non-hydrogen) atoms. The second-order valence-electron chi connectivity index (χ2n) is 5.33. The second kappa shape index (κ2) is 6.26. The fraction of sp³-hybridized carbons (Fsp3) is 0.250. The van der Waals surface area contributed by atoms with Crippen molar-refractivity contribution in [3.63, 3.8) is 0 Å². The van der Waals surface area contributed by atoms with Gasteiger partial charge < -0.3 is 10.7 Å². The molecule has 1 unspecified atom stereocenters. The van der Waals surface area contributed by atoms with Gasteiger partial charge in [-0.25, -0.2) is 4.21 Å². The molecule has 0 amide bonds. The number of nitrogens with one attached hydrogen (secondary N) is 2. The van der Waals surface area contributed by atoms with E-state index in [0.717, 1.165) is 41.6 Å². The SMILES string of the molecule is Cc1ccc(NS(=O)/C(=C/N)C2=NCCC2)c2[nH]cc(C#N)c12. The molecule has 0 bridgehead atoms. The fourth-order valence-corrected chi connectivity index (χ4v) is 3.74. The minimum atomic E-state index is -1.50. The zero-order valence-corrected chi connectivity index (χ0v) is 13.5. The summed E-state index contributed by atoms with van der Waals surface area (Å²) < 4.78 is 15.6. The van der Waals surface area contributed by atoms with Crippen LogP contribution in [0.25, 0.3) is 10.9 Å². The van der Waals surface area contributed by atoms with Crippen molar-refractivity contribution < 1.29 is 4.21 Å². The van der Waals surface area contributed by atoms with Crippen LogP contribution < -0.4 is 10.5 Å². The Hall–Kier alpha value is -2.59. The number of nitrogens with zero attached hydrogens (tertiary/aromatic N) is 2. The van der Waals surface area contributed by atoms with E-state index in [1.165, 1.54) is 6.20 Å². The van der Waals surface area contributed by atoms with Gasteiger partial charge >= 0.3 is 0 Å². The molecular weight excluding hydrogens is 310 g/mol. The van der Waals surface area contributed by atoms with Crippen LogP contribution in [-0.4, -0.2) is 21.4 Å². The first-order valence-corrected chi connectivity index (χ1v) is 8.45. The first kappa shape index (κ1) is 15.3. The number of fused-ring (bicyclic) bond motifs is 1. The number of rotatable bonds is 4. The van der Waals surface area contributed by atoms with Gasteiger partial charge in [0.2, 0.25) is 0 Å². The van der Waals surface area contributed by atoms with Gasteiger partial charge in [0.1, 0.15) is 6.07 Å². The average Bonchev–Trinajstić information content (AvgIpc) is 3.20. The quantitative estimate of drug-likeness (QED) is 0.802. The summed E-state index contributed by atoms with van der Waals surface area (Å²) in [5.41, 5.74) is 9.43. The highest BCUT2D eigenvalue weighted by Crippen LogP contribution is 2.29. The number of allylic oxidation sites excluding steroid dienone is 1. The van der Waals surface area contributed by atoms with Gasteiger partial charge in [-0.1, -0.05) is 6.07 Å². The number of H-pyrrole nitrogens is 1. The first-order chi connectivity index (χ1) is 11.2. The molecule has 1 atom stereocenters. The zero-order chi connectivity index (χ0) is 16.4. The summed E-state index contributed by atoms with van der Waals surface area (Å²) >= 11 is 0. The maximum absolute atomic E-state index is 12.6. The Bertz CT molecular complexity index is 888. The lowest BCUT2D eigenvalue weighted by Crippen LogP contribution is -2.15. The molecule has 2 aromatic rings. The standard InChI is InChI=1S/C16H17N5OS/c1-10-4-5-13(16-15(10)11(7-17)9-20-16)21-23(22)14(8-18)12-3-2-6-19-12/h4-5,8-9,20-21H,2-3,6,18H2,1H3/b14-8+. The predicted octanol–water partition coefficient (Wildman–Crippen LogP) is 2.46. The molecular formula is C16H17N5OS. The molecule has 4 N–H and O–H groups in total. The van der Waals surface area contributed by atoms with Gasteiger partial charge in [0.05, 0.1) is 27.4 Å². The molecule has 1 aliphatic heterocycles. The van der Waals surface area contributed by atoms with E-state index in [1.807, 2.05) is 19.1 Å². The van der Waals surface area contributed by atoms with Crippen LogP contribution in [0.1, 0.15) is 24.0 Å². The number of benzene rings is 1. The van der Waals surface area contributed by atoms with Crippen LogP contribution in [0.3, 0.4) is 0 Å². The minimum absolute atomic E-state index is 0.517. The third-order valence-corrected chi connectivity index (χ3v) is 5.05. The van der Waals surface area contributed by atoms with E-state index in [2.05, 4.69) is 20.8 Å². The highest BCUT2D eigenvalue weighted by molar-refractivity contribution is 7.91. The summed E-state index contributed by atoms with van der Waals surface area (Å²) in [6, 6.07) is 5.91. The molecule has 0 saturated carbocycles. The topological polar surface area (TPSA) is 107 Å². The van der Waals surface area contributed by atoms with Crippen LogP contribution in [0.2, 0.25) is 0 Å². The van der Waals surface area contributed by atoms with Crippen molar-refractivity contribution in [3.8, 4) is 6.07 Å². The number of aliphatic imine (C=N–C) groups is 1. The Morgan fingerprint density at radius 3 is 3.04 bits per heavy atom. The number of anilines is 1. The van der Waals surface area contributed by atoms with Gasteiger partial charge in [-0.15, -0.1) is 0 Å². The molecule has 2 heterocycles. The summed E-state index contributed by atoms with van der Waals surface area (Å²) in [5.74, 6) is 0. The lowest BCUT2D eigenvalue weighted by molar-refractivity contribution is 0.690. The monoisotopic (exact) mass is 327 g/mol. The largest absolute Gasteiger partial charge is 0.404 e. The molecule has 6 nitrogen and oxygen atoms in total. The van der Waals surface area contributed by atoms with Gasteiger partial charge in [0.15, 0.2) is 11.0 Å². The molecule has 1 aromatic carbocycles. The molecule has 0 saturated heterocycles. The Labute approximate surface area is 136 Å².